The molecule has 1 aromatic heterocycles. The van der Waals surface area contributed by atoms with E-state index < -0.39 is 0 Å². The number of hydrogen-bond acceptors (Lipinski definition) is 3. The lowest BCUT2D eigenvalue weighted by molar-refractivity contribution is 0.635. The van der Waals surface area contributed by atoms with E-state index in [2.05, 4.69) is 65.7 Å². The number of nitrogens with zero attached hydrogens (tertiary/aromatic N) is 2. The van der Waals surface area contributed by atoms with E-state index in [0.29, 0.717) is 17.6 Å². The molecule has 1 heterocycles. The van der Waals surface area contributed by atoms with Crippen LogP contribution in [0.5, 0.6) is 0 Å². The molecule has 0 aliphatic heterocycles. The van der Waals surface area contributed by atoms with Gasteiger partial charge in [0.15, 0.2) is 5.82 Å². The highest BCUT2D eigenvalue weighted by molar-refractivity contribution is 9.10. The quantitative estimate of drug-likeness (QED) is 0.910. The van der Waals surface area contributed by atoms with Crippen LogP contribution in [0.15, 0.2) is 22.7 Å². The summed E-state index contributed by atoms with van der Waals surface area (Å²) in [6, 6.07) is 6.04. The number of aryl methyl sites for hydroxylation is 2. The van der Waals surface area contributed by atoms with E-state index in [-0.39, 0.29) is 0 Å². The zero-order chi connectivity index (χ0) is 14.9. The summed E-state index contributed by atoms with van der Waals surface area (Å²) < 4.78 is 1.13. The molecular weight excluding hydrogens is 314 g/mol. The van der Waals surface area contributed by atoms with Crippen molar-refractivity contribution in [2.45, 2.75) is 34.1 Å². The molecule has 0 bridgehead atoms. The zero-order valence-corrected chi connectivity index (χ0v) is 14.0. The van der Waals surface area contributed by atoms with Gasteiger partial charge in [-0.2, -0.15) is 0 Å². The van der Waals surface area contributed by atoms with Crippen LogP contribution in [-0.4, -0.2) is 9.97 Å². The van der Waals surface area contributed by atoms with E-state index in [1.54, 1.807) is 0 Å². The monoisotopic (exact) mass is 333 g/mol. The van der Waals surface area contributed by atoms with Gasteiger partial charge in [-0.3, -0.25) is 0 Å². The fraction of sp³-hybridized carbons (Fsp3) is 0.375. The molecule has 0 amide bonds. The van der Waals surface area contributed by atoms with Crippen molar-refractivity contribution in [2.24, 2.45) is 5.92 Å². The SMILES string of the molecule is Cc1cc(-c2nc(N)cc(CC(C)C)n2)cc(C)c1Br. The van der Waals surface area contributed by atoms with Crippen LogP contribution < -0.4 is 5.73 Å². The average molecular weight is 334 g/mol. The molecule has 0 saturated heterocycles. The van der Waals surface area contributed by atoms with Gasteiger partial charge in [-0.05, 0) is 49.4 Å². The molecule has 0 unspecified atom stereocenters. The number of nitrogens with two attached hydrogens (primary N) is 1. The maximum atomic E-state index is 5.92. The lowest BCUT2D eigenvalue weighted by atomic mass is 10.1. The van der Waals surface area contributed by atoms with Crippen LogP contribution in [0.4, 0.5) is 5.82 Å². The van der Waals surface area contributed by atoms with E-state index in [9.17, 15) is 0 Å². The van der Waals surface area contributed by atoms with Gasteiger partial charge in [0, 0.05) is 21.8 Å². The molecule has 2 aromatic rings. The van der Waals surface area contributed by atoms with Crippen LogP contribution >= 0.6 is 15.9 Å². The third-order valence-corrected chi connectivity index (χ3v) is 4.36. The minimum Gasteiger partial charge on any atom is -0.384 e. The van der Waals surface area contributed by atoms with E-state index in [1.807, 2.05) is 6.07 Å². The number of halogens is 1. The predicted molar refractivity (Wildman–Crippen MR) is 87.6 cm³/mol. The van der Waals surface area contributed by atoms with Crippen molar-refractivity contribution in [2.75, 3.05) is 5.73 Å². The molecule has 0 fully saturated rings. The summed E-state index contributed by atoms with van der Waals surface area (Å²) in [4.78, 5) is 9.02. The Morgan fingerprint density at radius 1 is 1.10 bits per heavy atom. The molecule has 1 aromatic carbocycles. The van der Waals surface area contributed by atoms with Crippen molar-refractivity contribution in [1.29, 1.82) is 0 Å². The molecule has 0 radical (unpaired) electrons. The normalized spacial score (nSPS) is 11.1. The van der Waals surface area contributed by atoms with Crippen LogP contribution in [0.25, 0.3) is 11.4 Å². The summed E-state index contributed by atoms with van der Waals surface area (Å²) in [5.74, 6) is 1.79. The molecule has 106 valence electrons. The molecule has 2 N–H and O–H groups in total. The molecule has 20 heavy (non-hydrogen) atoms. The number of hydrogen-bond donors (Lipinski definition) is 1. The maximum absolute atomic E-state index is 5.92. The minimum atomic E-state index is 0.531. The van der Waals surface area contributed by atoms with Gasteiger partial charge >= 0.3 is 0 Å². The Bertz CT molecular complexity index is 613. The molecule has 0 aliphatic rings. The summed E-state index contributed by atoms with van der Waals surface area (Å²) in [5.41, 5.74) is 10.3. The summed E-state index contributed by atoms with van der Waals surface area (Å²) in [6.07, 6.45) is 0.911. The van der Waals surface area contributed by atoms with E-state index in [1.165, 1.54) is 11.1 Å². The lowest BCUT2D eigenvalue weighted by Crippen LogP contribution is -2.03. The Kier molecular flexibility index (Phi) is 4.43. The average Bonchev–Trinajstić information content (AvgIpc) is 2.33. The van der Waals surface area contributed by atoms with Crippen LogP contribution in [0.1, 0.15) is 30.7 Å². The Balaban J connectivity index is 2.49. The second kappa shape index (κ2) is 5.92. The minimum absolute atomic E-state index is 0.531. The van der Waals surface area contributed by atoms with Crippen LogP contribution in [0.3, 0.4) is 0 Å². The highest BCUT2D eigenvalue weighted by Gasteiger charge is 2.10. The molecule has 0 atom stereocenters. The molecule has 3 nitrogen and oxygen atoms in total. The van der Waals surface area contributed by atoms with E-state index >= 15 is 0 Å². The van der Waals surface area contributed by atoms with Crippen LogP contribution in [-0.2, 0) is 6.42 Å². The first-order chi connectivity index (χ1) is 9.36. The summed E-state index contributed by atoms with van der Waals surface area (Å²) in [5, 5.41) is 0. The fourth-order valence-electron chi connectivity index (χ4n) is 2.25. The Morgan fingerprint density at radius 2 is 1.70 bits per heavy atom. The van der Waals surface area contributed by atoms with Gasteiger partial charge in [0.05, 0.1) is 0 Å². The van der Waals surface area contributed by atoms with Crippen molar-refractivity contribution in [1.82, 2.24) is 9.97 Å². The van der Waals surface area contributed by atoms with E-state index in [4.69, 9.17) is 5.73 Å². The Labute approximate surface area is 128 Å². The lowest BCUT2D eigenvalue weighted by Gasteiger charge is -2.10. The molecular formula is C16H20BrN3. The Morgan fingerprint density at radius 3 is 2.25 bits per heavy atom. The highest BCUT2D eigenvalue weighted by Crippen LogP contribution is 2.27. The number of aromatic nitrogens is 2. The van der Waals surface area contributed by atoms with Gasteiger partial charge in [-0.25, -0.2) is 9.97 Å². The van der Waals surface area contributed by atoms with Gasteiger partial charge in [0.2, 0.25) is 0 Å². The maximum Gasteiger partial charge on any atom is 0.161 e. The van der Waals surface area contributed by atoms with Gasteiger partial charge in [-0.15, -0.1) is 0 Å². The number of benzene rings is 1. The first kappa shape index (κ1) is 15.0. The first-order valence-corrected chi connectivity index (χ1v) is 7.56. The second-order valence-electron chi connectivity index (χ2n) is 5.63. The summed E-state index contributed by atoms with van der Waals surface area (Å²) in [6.45, 7) is 8.49. The van der Waals surface area contributed by atoms with Crippen LogP contribution in [0.2, 0.25) is 0 Å². The summed E-state index contributed by atoms with van der Waals surface area (Å²) >= 11 is 3.58. The van der Waals surface area contributed by atoms with Crippen molar-refractivity contribution in [3.63, 3.8) is 0 Å². The standard InChI is InChI=1S/C16H20BrN3/c1-9(2)5-13-8-14(18)20-16(19-13)12-6-10(3)15(17)11(4)7-12/h6-9H,5H2,1-4H3,(H2,18,19,20). The predicted octanol–water partition coefficient (Wildman–Crippen LogP) is 4.30. The largest absolute Gasteiger partial charge is 0.384 e. The second-order valence-corrected chi connectivity index (χ2v) is 6.42. The molecule has 0 spiro atoms. The number of rotatable bonds is 3. The van der Waals surface area contributed by atoms with Gasteiger partial charge in [0.1, 0.15) is 5.82 Å². The third kappa shape index (κ3) is 3.37. The smallest absolute Gasteiger partial charge is 0.161 e. The number of anilines is 1. The summed E-state index contributed by atoms with van der Waals surface area (Å²) in [7, 11) is 0. The van der Waals surface area contributed by atoms with Crippen molar-refractivity contribution >= 4 is 21.7 Å². The van der Waals surface area contributed by atoms with Crippen molar-refractivity contribution in [3.8, 4) is 11.4 Å². The van der Waals surface area contributed by atoms with Gasteiger partial charge in [0.25, 0.3) is 0 Å². The topological polar surface area (TPSA) is 51.8 Å². The molecule has 0 saturated carbocycles. The van der Waals surface area contributed by atoms with Crippen molar-refractivity contribution < 1.29 is 0 Å². The first-order valence-electron chi connectivity index (χ1n) is 6.77. The third-order valence-electron chi connectivity index (χ3n) is 3.11. The van der Waals surface area contributed by atoms with E-state index in [0.717, 1.165) is 22.2 Å². The van der Waals surface area contributed by atoms with Gasteiger partial charge in [-0.1, -0.05) is 29.8 Å². The molecule has 2 rings (SSSR count). The van der Waals surface area contributed by atoms with Crippen LogP contribution in [0, 0.1) is 19.8 Å². The molecule has 0 aliphatic carbocycles. The zero-order valence-electron chi connectivity index (χ0n) is 12.4. The number of nitrogen functional groups attached to an aromatic ring is 1. The fourth-order valence-corrected chi connectivity index (χ4v) is 2.47. The Hall–Kier alpha value is -1.42. The molecule has 4 heteroatoms. The highest BCUT2D eigenvalue weighted by atomic mass is 79.9. The van der Waals surface area contributed by atoms with Gasteiger partial charge < -0.3 is 5.73 Å². The van der Waals surface area contributed by atoms with Crippen molar-refractivity contribution in [3.05, 3.63) is 39.5 Å².